The van der Waals surface area contributed by atoms with Crippen LogP contribution in [0.25, 0.3) is 0 Å². The third-order valence-electron chi connectivity index (χ3n) is 3.23. The van der Waals surface area contributed by atoms with Crippen molar-refractivity contribution in [2.45, 2.75) is 31.6 Å². The van der Waals surface area contributed by atoms with Gasteiger partial charge in [0.1, 0.15) is 16.5 Å². The Morgan fingerprint density at radius 2 is 1.81 bits per heavy atom. The van der Waals surface area contributed by atoms with Crippen molar-refractivity contribution in [2.24, 2.45) is 5.92 Å². The van der Waals surface area contributed by atoms with Gasteiger partial charge < -0.3 is 5.32 Å². The number of carbonyl (C=O) groups excluding carboxylic acids is 1. The minimum atomic E-state index is -4.40. The third-order valence-corrected chi connectivity index (χ3v) is 4.57. The number of nitrogens with one attached hydrogen (secondary N) is 1. The maximum Gasteiger partial charge on any atom is 0.264 e. The molecule has 0 saturated carbocycles. The summed E-state index contributed by atoms with van der Waals surface area (Å²) in [4.78, 5) is 11.0. The summed E-state index contributed by atoms with van der Waals surface area (Å²) in [5.74, 6) is -3.05. The van der Waals surface area contributed by atoms with E-state index < -0.39 is 37.1 Å². The zero-order chi connectivity index (χ0) is 16.2. The van der Waals surface area contributed by atoms with Crippen LogP contribution >= 0.6 is 10.7 Å². The summed E-state index contributed by atoms with van der Waals surface area (Å²) >= 11 is 0. The second-order valence-electron chi connectivity index (χ2n) is 4.59. The van der Waals surface area contributed by atoms with Crippen molar-refractivity contribution in [1.82, 2.24) is 5.32 Å². The van der Waals surface area contributed by atoms with Gasteiger partial charge in [0, 0.05) is 23.3 Å². The summed E-state index contributed by atoms with van der Waals surface area (Å²) in [5.41, 5.74) is -0.554. The number of halogens is 3. The Morgan fingerprint density at radius 3 is 2.29 bits per heavy atom. The molecule has 0 unspecified atom stereocenters. The standard InChI is InChI=1S/C13H16ClF2NO3S/c1-3-8(4-2)7-17-13(18)9-5-12(21(14,19)20)11(16)6-10(9)15/h5-6,8H,3-4,7H2,1-2H3,(H,17,18). The lowest BCUT2D eigenvalue weighted by Crippen LogP contribution is -2.29. The number of rotatable bonds is 6. The van der Waals surface area contributed by atoms with Crippen LogP contribution in [0.5, 0.6) is 0 Å². The van der Waals surface area contributed by atoms with Gasteiger partial charge in [0.15, 0.2) is 0 Å². The lowest BCUT2D eigenvalue weighted by Gasteiger charge is -2.14. The average Bonchev–Trinajstić information content (AvgIpc) is 2.38. The van der Waals surface area contributed by atoms with Gasteiger partial charge in [-0.05, 0) is 12.0 Å². The SMILES string of the molecule is CCC(CC)CNC(=O)c1cc(S(=O)(=O)Cl)c(F)cc1F. The molecule has 4 nitrogen and oxygen atoms in total. The minimum Gasteiger partial charge on any atom is -0.352 e. The molecule has 1 amide bonds. The second-order valence-corrected chi connectivity index (χ2v) is 7.13. The molecule has 0 aromatic heterocycles. The first-order chi connectivity index (χ1) is 9.70. The maximum absolute atomic E-state index is 13.6. The molecular formula is C13H16ClF2NO3S. The fourth-order valence-corrected chi connectivity index (χ4v) is 2.70. The van der Waals surface area contributed by atoms with Crippen molar-refractivity contribution in [2.75, 3.05) is 6.54 Å². The predicted octanol–water partition coefficient (Wildman–Crippen LogP) is 3.06. The van der Waals surface area contributed by atoms with Crippen LogP contribution < -0.4 is 5.32 Å². The number of amides is 1. The van der Waals surface area contributed by atoms with E-state index in [1.165, 1.54) is 0 Å². The zero-order valence-electron chi connectivity index (χ0n) is 11.6. The van der Waals surface area contributed by atoms with Gasteiger partial charge in [-0.1, -0.05) is 26.7 Å². The molecule has 0 aliphatic carbocycles. The Labute approximate surface area is 126 Å². The van der Waals surface area contributed by atoms with Crippen LogP contribution in [0.3, 0.4) is 0 Å². The van der Waals surface area contributed by atoms with E-state index >= 15 is 0 Å². The molecule has 0 atom stereocenters. The highest BCUT2D eigenvalue weighted by atomic mass is 35.7. The van der Waals surface area contributed by atoms with E-state index in [1.54, 1.807) is 0 Å². The highest BCUT2D eigenvalue weighted by Gasteiger charge is 2.22. The van der Waals surface area contributed by atoms with Gasteiger partial charge in [0.05, 0.1) is 5.56 Å². The minimum absolute atomic E-state index is 0.230. The van der Waals surface area contributed by atoms with Gasteiger partial charge in [-0.2, -0.15) is 0 Å². The fourth-order valence-electron chi connectivity index (χ4n) is 1.80. The van der Waals surface area contributed by atoms with Gasteiger partial charge in [0.25, 0.3) is 15.0 Å². The Morgan fingerprint density at radius 1 is 1.24 bits per heavy atom. The average molecular weight is 340 g/mol. The van der Waals surface area contributed by atoms with Crippen LogP contribution in [0, 0.1) is 17.6 Å². The van der Waals surface area contributed by atoms with Crippen molar-refractivity contribution in [1.29, 1.82) is 0 Å². The molecule has 21 heavy (non-hydrogen) atoms. The zero-order valence-corrected chi connectivity index (χ0v) is 13.2. The normalized spacial score (nSPS) is 11.7. The molecule has 0 fully saturated rings. The second kappa shape index (κ2) is 7.17. The Balaban J connectivity index is 3.05. The van der Waals surface area contributed by atoms with Gasteiger partial charge in [-0.3, -0.25) is 4.79 Å². The topological polar surface area (TPSA) is 63.2 Å². The van der Waals surface area contributed by atoms with E-state index in [1.807, 2.05) is 13.8 Å². The number of hydrogen-bond acceptors (Lipinski definition) is 3. The molecule has 0 saturated heterocycles. The molecule has 1 aromatic rings. The number of hydrogen-bond donors (Lipinski definition) is 1. The highest BCUT2D eigenvalue weighted by Crippen LogP contribution is 2.22. The van der Waals surface area contributed by atoms with Crippen LogP contribution in [0.2, 0.25) is 0 Å². The summed E-state index contributed by atoms with van der Waals surface area (Å²) in [6.07, 6.45) is 1.67. The van der Waals surface area contributed by atoms with Crippen molar-refractivity contribution in [3.05, 3.63) is 29.3 Å². The molecule has 118 valence electrons. The smallest absolute Gasteiger partial charge is 0.264 e. The van der Waals surface area contributed by atoms with E-state index in [4.69, 9.17) is 10.7 Å². The molecule has 0 bridgehead atoms. The number of benzene rings is 1. The maximum atomic E-state index is 13.6. The van der Waals surface area contributed by atoms with E-state index in [2.05, 4.69) is 5.32 Å². The highest BCUT2D eigenvalue weighted by molar-refractivity contribution is 8.13. The molecule has 0 radical (unpaired) electrons. The van der Waals surface area contributed by atoms with E-state index in [0.29, 0.717) is 18.7 Å². The molecule has 0 spiro atoms. The van der Waals surface area contributed by atoms with Crippen LogP contribution in [0.4, 0.5) is 8.78 Å². The van der Waals surface area contributed by atoms with Crippen LogP contribution in [0.1, 0.15) is 37.0 Å². The Bertz CT molecular complexity index is 631. The summed E-state index contributed by atoms with van der Waals surface area (Å²) in [5, 5.41) is 2.50. The predicted molar refractivity (Wildman–Crippen MR) is 75.8 cm³/mol. The summed E-state index contributed by atoms with van der Waals surface area (Å²) in [6, 6.07) is 0.941. The lowest BCUT2D eigenvalue weighted by atomic mass is 10.0. The molecule has 1 rings (SSSR count). The summed E-state index contributed by atoms with van der Waals surface area (Å²) in [6.45, 7) is 4.24. The lowest BCUT2D eigenvalue weighted by molar-refractivity contribution is 0.0942. The quantitative estimate of drug-likeness (QED) is 0.810. The van der Waals surface area contributed by atoms with E-state index in [0.717, 1.165) is 12.8 Å². The monoisotopic (exact) mass is 339 g/mol. The van der Waals surface area contributed by atoms with Crippen molar-refractivity contribution in [3.8, 4) is 0 Å². The fraction of sp³-hybridized carbons (Fsp3) is 0.462. The summed E-state index contributed by atoms with van der Waals surface area (Å²) < 4.78 is 49.3. The summed E-state index contributed by atoms with van der Waals surface area (Å²) in [7, 11) is 0.647. The van der Waals surface area contributed by atoms with Gasteiger partial charge in [-0.15, -0.1) is 0 Å². The molecule has 1 aromatic carbocycles. The van der Waals surface area contributed by atoms with Crippen LogP contribution in [-0.4, -0.2) is 20.9 Å². The largest absolute Gasteiger partial charge is 0.352 e. The molecule has 0 aliphatic rings. The Hall–Kier alpha value is -1.21. The van der Waals surface area contributed by atoms with Gasteiger partial charge in [-0.25, -0.2) is 17.2 Å². The third kappa shape index (κ3) is 4.64. The first-order valence-electron chi connectivity index (χ1n) is 6.42. The number of carbonyl (C=O) groups is 1. The van der Waals surface area contributed by atoms with Crippen molar-refractivity contribution >= 4 is 25.6 Å². The first kappa shape index (κ1) is 17.8. The molecular weight excluding hydrogens is 324 g/mol. The molecule has 1 N–H and O–H groups in total. The first-order valence-corrected chi connectivity index (χ1v) is 8.73. The van der Waals surface area contributed by atoms with E-state index in [9.17, 15) is 22.0 Å². The molecule has 0 heterocycles. The van der Waals surface area contributed by atoms with Crippen LogP contribution in [-0.2, 0) is 9.05 Å². The molecule has 8 heteroatoms. The van der Waals surface area contributed by atoms with Gasteiger partial charge in [0.2, 0.25) is 0 Å². The van der Waals surface area contributed by atoms with Crippen molar-refractivity contribution < 1.29 is 22.0 Å². The van der Waals surface area contributed by atoms with Gasteiger partial charge >= 0.3 is 0 Å². The van der Waals surface area contributed by atoms with Crippen molar-refractivity contribution in [3.63, 3.8) is 0 Å². The van der Waals surface area contributed by atoms with Crippen LogP contribution in [0.15, 0.2) is 17.0 Å². The van der Waals surface area contributed by atoms with E-state index in [-0.39, 0.29) is 5.92 Å². The molecule has 0 aliphatic heterocycles. The Kier molecular flexibility index (Phi) is 6.10.